The number of furan rings is 1. The first kappa shape index (κ1) is 14.3. The van der Waals surface area contributed by atoms with Gasteiger partial charge in [-0.3, -0.25) is 9.88 Å². The number of pyridine rings is 1. The molecule has 1 N–H and O–H groups in total. The molecule has 0 bridgehead atoms. The van der Waals surface area contributed by atoms with Crippen LogP contribution < -0.4 is 5.32 Å². The molecule has 0 aromatic carbocycles. The third-order valence-electron chi connectivity index (χ3n) is 3.82. The fraction of sp³-hybridized carbons (Fsp3) is 0.471. The van der Waals surface area contributed by atoms with Crippen molar-refractivity contribution in [1.29, 1.82) is 0 Å². The van der Waals surface area contributed by atoms with E-state index in [9.17, 15) is 0 Å². The third-order valence-corrected chi connectivity index (χ3v) is 3.82. The molecule has 3 rings (SSSR count). The highest BCUT2D eigenvalue weighted by Crippen LogP contribution is 2.20. The zero-order chi connectivity index (χ0) is 14.5. The van der Waals surface area contributed by atoms with Crippen molar-refractivity contribution in [2.45, 2.75) is 45.4 Å². The van der Waals surface area contributed by atoms with E-state index in [1.165, 1.54) is 18.4 Å². The molecular formula is C17H23N3O. The second-order valence-electron chi connectivity index (χ2n) is 5.70. The largest absolute Gasteiger partial charge is 0.468 e. The van der Waals surface area contributed by atoms with Crippen LogP contribution in [0, 0.1) is 0 Å². The van der Waals surface area contributed by atoms with E-state index in [2.05, 4.69) is 34.3 Å². The monoisotopic (exact) mass is 285 g/mol. The molecule has 1 aliphatic carbocycles. The van der Waals surface area contributed by atoms with E-state index in [1.807, 2.05) is 24.6 Å². The van der Waals surface area contributed by atoms with E-state index in [0.29, 0.717) is 0 Å². The molecule has 4 heteroatoms. The van der Waals surface area contributed by atoms with Gasteiger partial charge in [-0.2, -0.15) is 0 Å². The van der Waals surface area contributed by atoms with E-state index < -0.39 is 0 Å². The SMILES string of the molecule is CCN(Cc1ccccn1)Cc1cc(CNC2CC2)co1. The minimum absolute atomic E-state index is 0.736. The molecule has 2 aromatic rings. The Hall–Kier alpha value is -1.65. The molecule has 112 valence electrons. The summed E-state index contributed by atoms with van der Waals surface area (Å²) in [5, 5.41) is 3.51. The Balaban J connectivity index is 1.53. The summed E-state index contributed by atoms with van der Waals surface area (Å²) < 4.78 is 5.69. The smallest absolute Gasteiger partial charge is 0.118 e. The van der Waals surface area contributed by atoms with Crippen LogP contribution in [0.15, 0.2) is 41.1 Å². The lowest BCUT2D eigenvalue weighted by atomic mass is 10.2. The molecule has 0 saturated heterocycles. The van der Waals surface area contributed by atoms with Crippen LogP contribution in [0.25, 0.3) is 0 Å². The van der Waals surface area contributed by atoms with Gasteiger partial charge in [-0.05, 0) is 37.6 Å². The van der Waals surface area contributed by atoms with E-state index in [0.717, 1.165) is 43.7 Å². The maximum atomic E-state index is 5.69. The maximum absolute atomic E-state index is 5.69. The Bertz CT molecular complexity index is 548. The molecule has 0 unspecified atom stereocenters. The molecule has 2 heterocycles. The van der Waals surface area contributed by atoms with Crippen molar-refractivity contribution in [3.8, 4) is 0 Å². The first-order valence-electron chi connectivity index (χ1n) is 7.75. The van der Waals surface area contributed by atoms with E-state index in [4.69, 9.17) is 4.42 Å². The molecule has 1 saturated carbocycles. The third kappa shape index (κ3) is 4.41. The van der Waals surface area contributed by atoms with Crippen LogP contribution in [-0.4, -0.2) is 22.5 Å². The van der Waals surface area contributed by atoms with Gasteiger partial charge in [0.05, 0.1) is 18.5 Å². The summed E-state index contributed by atoms with van der Waals surface area (Å²) in [6.45, 7) is 5.75. The van der Waals surface area contributed by atoms with Gasteiger partial charge in [0.25, 0.3) is 0 Å². The van der Waals surface area contributed by atoms with Gasteiger partial charge < -0.3 is 9.73 Å². The number of hydrogen-bond acceptors (Lipinski definition) is 4. The number of rotatable bonds is 8. The molecule has 0 spiro atoms. The van der Waals surface area contributed by atoms with Gasteiger partial charge in [0.2, 0.25) is 0 Å². The van der Waals surface area contributed by atoms with Crippen LogP contribution >= 0.6 is 0 Å². The van der Waals surface area contributed by atoms with Crippen molar-refractivity contribution in [2.24, 2.45) is 0 Å². The van der Waals surface area contributed by atoms with E-state index >= 15 is 0 Å². The van der Waals surface area contributed by atoms with E-state index in [-0.39, 0.29) is 0 Å². The topological polar surface area (TPSA) is 41.3 Å². The fourth-order valence-corrected chi connectivity index (χ4v) is 2.37. The number of nitrogens with zero attached hydrogens (tertiary/aromatic N) is 2. The van der Waals surface area contributed by atoms with Crippen molar-refractivity contribution in [3.63, 3.8) is 0 Å². The predicted molar refractivity (Wildman–Crippen MR) is 82.6 cm³/mol. The van der Waals surface area contributed by atoms with Gasteiger partial charge in [0.1, 0.15) is 5.76 Å². The Kier molecular flexibility index (Phi) is 4.68. The lowest BCUT2D eigenvalue weighted by molar-refractivity contribution is 0.245. The van der Waals surface area contributed by atoms with Gasteiger partial charge in [0, 0.05) is 30.9 Å². The van der Waals surface area contributed by atoms with Crippen LogP contribution in [-0.2, 0) is 19.6 Å². The lowest BCUT2D eigenvalue weighted by Gasteiger charge is -2.18. The van der Waals surface area contributed by atoms with Crippen LogP contribution in [0.3, 0.4) is 0 Å². The first-order valence-corrected chi connectivity index (χ1v) is 7.75. The highest BCUT2D eigenvalue weighted by molar-refractivity contribution is 5.13. The summed E-state index contributed by atoms with van der Waals surface area (Å²) in [5.74, 6) is 1.03. The average molecular weight is 285 g/mol. The van der Waals surface area contributed by atoms with E-state index in [1.54, 1.807) is 0 Å². The Labute approximate surface area is 126 Å². The second kappa shape index (κ2) is 6.87. The lowest BCUT2D eigenvalue weighted by Crippen LogP contribution is -2.22. The van der Waals surface area contributed by atoms with Crippen LogP contribution in [0.1, 0.15) is 36.8 Å². The van der Waals surface area contributed by atoms with Crippen molar-refractivity contribution < 1.29 is 4.42 Å². The second-order valence-corrected chi connectivity index (χ2v) is 5.70. The summed E-state index contributed by atoms with van der Waals surface area (Å²) in [5.41, 5.74) is 2.34. The molecule has 1 aliphatic rings. The van der Waals surface area contributed by atoms with Crippen molar-refractivity contribution in [3.05, 3.63) is 53.7 Å². The standard InChI is InChI=1S/C17H23N3O/c1-2-20(11-16-5-3-4-8-18-16)12-17-9-14(13-21-17)10-19-15-6-7-15/h3-5,8-9,13,15,19H,2,6-7,10-12H2,1H3. The minimum Gasteiger partial charge on any atom is -0.468 e. The van der Waals surface area contributed by atoms with Crippen LogP contribution in [0.2, 0.25) is 0 Å². The molecule has 0 atom stereocenters. The molecule has 21 heavy (non-hydrogen) atoms. The highest BCUT2D eigenvalue weighted by Gasteiger charge is 2.20. The average Bonchev–Trinajstić information content (AvgIpc) is 3.25. The Morgan fingerprint density at radius 3 is 2.95 bits per heavy atom. The van der Waals surface area contributed by atoms with Gasteiger partial charge in [-0.15, -0.1) is 0 Å². The van der Waals surface area contributed by atoms with Crippen LogP contribution in [0.4, 0.5) is 0 Å². The number of hydrogen-bond donors (Lipinski definition) is 1. The molecule has 0 aliphatic heterocycles. The first-order chi connectivity index (χ1) is 10.3. The zero-order valence-electron chi connectivity index (χ0n) is 12.6. The minimum atomic E-state index is 0.736. The molecule has 1 fully saturated rings. The normalized spacial score (nSPS) is 14.8. The summed E-state index contributed by atoms with van der Waals surface area (Å²) in [6.07, 6.45) is 6.35. The quantitative estimate of drug-likeness (QED) is 0.809. The summed E-state index contributed by atoms with van der Waals surface area (Å²) in [4.78, 5) is 6.72. The number of nitrogens with one attached hydrogen (secondary N) is 1. The zero-order valence-corrected chi connectivity index (χ0v) is 12.6. The maximum Gasteiger partial charge on any atom is 0.118 e. The van der Waals surface area contributed by atoms with Gasteiger partial charge in [-0.25, -0.2) is 0 Å². The van der Waals surface area contributed by atoms with Gasteiger partial charge in [0.15, 0.2) is 0 Å². The fourth-order valence-electron chi connectivity index (χ4n) is 2.37. The summed E-state index contributed by atoms with van der Waals surface area (Å²) >= 11 is 0. The van der Waals surface area contributed by atoms with Crippen molar-refractivity contribution >= 4 is 0 Å². The molecule has 0 amide bonds. The Morgan fingerprint density at radius 2 is 2.24 bits per heavy atom. The molecular weight excluding hydrogens is 262 g/mol. The molecule has 0 radical (unpaired) electrons. The summed E-state index contributed by atoms with van der Waals surface area (Å²) in [6, 6.07) is 8.95. The van der Waals surface area contributed by atoms with Crippen molar-refractivity contribution in [2.75, 3.05) is 6.54 Å². The molecule has 2 aromatic heterocycles. The predicted octanol–water partition coefficient (Wildman–Crippen LogP) is 2.95. The Morgan fingerprint density at radius 1 is 1.33 bits per heavy atom. The molecule has 4 nitrogen and oxygen atoms in total. The summed E-state index contributed by atoms with van der Waals surface area (Å²) in [7, 11) is 0. The van der Waals surface area contributed by atoms with Crippen molar-refractivity contribution in [1.82, 2.24) is 15.2 Å². The number of aromatic nitrogens is 1. The van der Waals surface area contributed by atoms with Gasteiger partial charge in [-0.1, -0.05) is 13.0 Å². The highest BCUT2D eigenvalue weighted by atomic mass is 16.3. The van der Waals surface area contributed by atoms with Gasteiger partial charge >= 0.3 is 0 Å². The van der Waals surface area contributed by atoms with Crippen LogP contribution in [0.5, 0.6) is 0 Å².